The fourth-order valence-electron chi connectivity index (χ4n) is 2.86. The van der Waals surface area contributed by atoms with Crippen molar-refractivity contribution in [1.29, 1.82) is 0 Å². The zero-order valence-corrected chi connectivity index (χ0v) is 11.9. The Morgan fingerprint density at radius 3 is 2.70 bits per heavy atom. The van der Waals surface area contributed by atoms with E-state index < -0.39 is 0 Å². The van der Waals surface area contributed by atoms with Gasteiger partial charge in [-0.25, -0.2) is 0 Å². The summed E-state index contributed by atoms with van der Waals surface area (Å²) >= 11 is 1.59. The van der Waals surface area contributed by atoms with Crippen LogP contribution in [0.1, 0.15) is 34.9 Å². The molecule has 2 unspecified atom stereocenters. The van der Waals surface area contributed by atoms with Gasteiger partial charge in [-0.05, 0) is 40.4 Å². The van der Waals surface area contributed by atoms with Gasteiger partial charge in [-0.3, -0.25) is 14.9 Å². The zero-order chi connectivity index (χ0) is 14.1. The fraction of sp³-hybridized carbons (Fsp3) is 0.250. The monoisotopic (exact) mass is 285 g/mol. The van der Waals surface area contributed by atoms with Crippen molar-refractivity contribution in [2.75, 3.05) is 0 Å². The molecule has 102 valence electrons. The van der Waals surface area contributed by atoms with Gasteiger partial charge in [0.05, 0.1) is 5.92 Å². The van der Waals surface area contributed by atoms with Gasteiger partial charge < -0.3 is 0 Å². The van der Waals surface area contributed by atoms with Crippen molar-refractivity contribution in [3.8, 4) is 0 Å². The first-order valence-corrected chi connectivity index (χ1v) is 7.52. The van der Waals surface area contributed by atoms with E-state index in [1.807, 2.05) is 48.0 Å². The van der Waals surface area contributed by atoms with E-state index in [0.29, 0.717) is 6.42 Å². The van der Waals surface area contributed by atoms with Gasteiger partial charge >= 0.3 is 0 Å². The summed E-state index contributed by atoms with van der Waals surface area (Å²) in [5.74, 6) is -0.727. The van der Waals surface area contributed by atoms with Crippen LogP contribution in [-0.2, 0) is 9.59 Å². The summed E-state index contributed by atoms with van der Waals surface area (Å²) in [6, 6.07) is 9.89. The average Bonchev–Trinajstić information content (AvgIpc) is 2.93. The van der Waals surface area contributed by atoms with Gasteiger partial charge in [0.2, 0.25) is 11.8 Å². The largest absolute Gasteiger partial charge is 0.296 e. The highest BCUT2D eigenvalue weighted by Gasteiger charge is 2.38. The Hall–Kier alpha value is -1.94. The lowest BCUT2D eigenvalue weighted by Crippen LogP contribution is -2.43. The summed E-state index contributed by atoms with van der Waals surface area (Å²) in [4.78, 5) is 24.0. The molecule has 1 aliphatic rings. The number of rotatable bonds is 2. The van der Waals surface area contributed by atoms with Gasteiger partial charge in [0.25, 0.3) is 0 Å². The Labute approximate surface area is 121 Å². The predicted molar refractivity (Wildman–Crippen MR) is 78.7 cm³/mol. The number of hydrogen-bond acceptors (Lipinski definition) is 3. The Kier molecular flexibility index (Phi) is 3.40. The first kappa shape index (κ1) is 13.1. The van der Waals surface area contributed by atoms with Gasteiger partial charge in [-0.2, -0.15) is 11.3 Å². The Morgan fingerprint density at radius 2 is 2.00 bits per heavy atom. The van der Waals surface area contributed by atoms with Crippen LogP contribution in [0.5, 0.6) is 0 Å². The van der Waals surface area contributed by atoms with Crippen molar-refractivity contribution >= 4 is 23.2 Å². The number of benzene rings is 1. The van der Waals surface area contributed by atoms with Crippen LogP contribution in [-0.4, -0.2) is 11.8 Å². The van der Waals surface area contributed by atoms with E-state index in [-0.39, 0.29) is 23.7 Å². The molecule has 3 rings (SSSR count). The molecule has 1 aliphatic heterocycles. The lowest BCUT2D eigenvalue weighted by molar-refractivity contribution is -0.135. The molecule has 3 nitrogen and oxygen atoms in total. The van der Waals surface area contributed by atoms with Crippen molar-refractivity contribution in [2.45, 2.75) is 25.2 Å². The number of amides is 2. The summed E-state index contributed by atoms with van der Waals surface area (Å²) < 4.78 is 0. The molecule has 0 radical (unpaired) electrons. The standard InChI is InChI=1S/C16H15NO2S/c1-10-4-2-3-5-12(10)15-13(11-6-7-20-9-11)8-14(18)17-16(15)19/h2-7,9,13,15H,8H2,1H3,(H,17,18,19). The highest BCUT2D eigenvalue weighted by atomic mass is 32.1. The molecule has 1 aromatic heterocycles. The van der Waals surface area contributed by atoms with Crippen molar-refractivity contribution < 1.29 is 9.59 Å². The molecule has 2 atom stereocenters. The Bertz CT molecular complexity index is 648. The van der Waals surface area contributed by atoms with Crippen LogP contribution in [0.2, 0.25) is 0 Å². The number of nitrogens with one attached hydrogen (secondary N) is 1. The Morgan fingerprint density at radius 1 is 1.20 bits per heavy atom. The molecule has 1 fully saturated rings. The number of thiophene rings is 1. The highest BCUT2D eigenvalue weighted by Crippen LogP contribution is 2.40. The number of carbonyl (C=O) groups is 2. The van der Waals surface area contributed by atoms with Gasteiger partial charge in [0.1, 0.15) is 0 Å². The third kappa shape index (κ3) is 2.27. The molecular weight excluding hydrogens is 270 g/mol. The summed E-state index contributed by atoms with van der Waals surface area (Å²) in [6.45, 7) is 2.00. The number of piperidine rings is 1. The molecule has 1 aromatic carbocycles. The molecule has 20 heavy (non-hydrogen) atoms. The van der Waals surface area contributed by atoms with E-state index in [1.165, 1.54) is 0 Å². The van der Waals surface area contributed by atoms with Crippen LogP contribution < -0.4 is 5.32 Å². The number of carbonyl (C=O) groups excluding carboxylic acids is 2. The Balaban J connectivity index is 2.07. The fourth-order valence-corrected chi connectivity index (χ4v) is 3.58. The SMILES string of the molecule is Cc1ccccc1C1C(=O)NC(=O)CC1c1ccsc1. The second-order valence-corrected chi connectivity index (χ2v) is 5.89. The molecule has 0 bridgehead atoms. The van der Waals surface area contributed by atoms with E-state index in [2.05, 4.69) is 5.32 Å². The summed E-state index contributed by atoms with van der Waals surface area (Å²) in [7, 11) is 0. The summed E-state index contributed by atoms with van der Waals surface area (Å²) in [6.07, 6.45) is 0.363. The summed E-state index contributed by atoms with van der Waals surface area (Å²) in [5, 5.41) is 6.49. The van der Waals surface area contributed by atoms with Gasteiger partial charge in [0, 0.05) is 12.3 Å². The number of aryl methyl sites for hydroxylation is 1. The minimum Gasteiger partial charge on any atom is -0.296 e. The van der Waals surface area contributed by atoms with E-state index in [4.69, 9.17) is 0 Å². The van der Waals surface area contributed by atoms with Crippen molar-refractivity contribution in [2.24, 2.45) is 0 Å². The van der Waals surface area contributed by atoms with Crippen LogP contribution in [0.3, 0.4) is 0 Å². The first-order chi connectivity index (χ1) is 9.66. The van der Waals surface area contributed by atoms with E-state index in [0.717, 1.165) is 16.7 Å². The van der Waals surface area contributed by atoms with E-state index in [9.17, 15) is 9.59 Å². The minimum atomic E-state index is -0.288. The van der Waals surface area contributed by atoms with Crippen molar-refractivity contribution in [1.82, 2.24) is 5.32 Å². The maximum absolute atomic E-state index is 12.3. The number of imide groups is 1. The normalized spacial score (nSPS) is 22.6. The smallest absolute Gasteiger partial charge is 0.234 e. The molecule has 1 N–H and O–H groups in total. The van der Waals surface area contributed by atoms with Crippen molar-refractivity contribution in [3.05, 3.63) is 57.8 Å². The maximum Gasteiger partial charge on any atom is 0.234 e. The molecule has 0 saturated carbocycles. The second kappa shape index (κ2) is 5.21. The topological polar surface area (TPSA) is 46.2 Å². The van der Waals surface area contributed by atoms with Crippen LogP contribution >= 0.6 is 11.3 Å². The van der Waals surface area contributed by atoms with Crippen LogP contribution in [0.25, 0.3) is 0 Å². The van der Waals surface area contributed by atoms with E-state index >= 15 is 0 Å². The molecule has 0 spiro atoms. The lowest BCUT2D eigenvalue weighted by Gasteiger charge is -2.31. The highest BCUT2D eigenvalue weighted by molar-refractivity contribution is 7.08. The maximum atomic E-state index is 12.3. The van der Waals surface area contributed by atoms with Gasteiger partial charge in [-0.1, -0.05) is 24.3 Å². The molecule has 4 heteroatoms. The van der Waals surface area contributed by atoms with Crippen molar-refractivity contribution in [3.63, 3.8) is 0 Å². The molecule has 0 aliphatic carbocycles. The molecule has 2 amide bonds. The van der Waals surface area contributed by atoms with Crippen LogP contribution in [0, 0.1) is 6.92 Å². The third-order valence-corrected chi connectivity index (χ3v) is 4.55. The molecule has 1 saturated heterocycles. The molecular formula is C16H15NO2S. The molecule has 2 aromatic rings. The number of hydrogen-bond donors (Lipinski definition) is 1. The second-order valence-electron chi connectivity index (χ2n) is 5.11. The first-order valence-electron chi connectivity index (χ1n) is 6.58. The average molecular weight is 285 g/mol. The molecule has 2 heterocycles. The zero-order valence-electron chi connectivity index (χ0n) is 11.1. The van der Waals surface area contributed by atoms with Gasteiger partial charge in [0.15, 0.2) is 0 Å². The lowest BCUT2D eigenvalue weighted by atomic mass is 9.76. The predicted octanol–water partition coefficient (Wildman–Crippen LogP) is 2.97. The summed E-state index contributed by atoms with van der Waals surface area (Å²) in [5.41, 5.74) is 3.17. The van der Waals surface area contributed by atoms with Crippen LogP contribution in [0.4, 0.5) is 0 Å². The van der Waals surface area contributed by atoms with Gasteiger partial charge in [-0.15, -0.1) is 0 Å². The van der Waals surface area contributed by atoms with E-state index in [1.54, 1.807) is 11.3 Å². The minimum absolute atomic E-state index is 0.0661. The van der Waals surface area contributed by atoms with Crippen LogP contribution in [0.15, 0.2) is 41.1 Å². The third-order valence-electron chi connectivity index (χ3n) is 3.85. The quantitative estimate of drug-likeness (QED) is 0.862.